The Labute approximate surface area is 246 Å². The molecule has 2 aliphatic heterocycles. The fraction of sp³-hybridized carbons (Fsp3) is 0.370. The molecule has 2 aliphatic rings. The highest BCUT2D eigenvalue weighted by atomic mass is 32.2. The van der Waals surface area contributed by atoms with Gasteiger partial charge < -0.3 is 14.6 Å². The van der Waals surface area contributed by atoms with Crippen LogP contribution in [0.5, 0.6) is 5.75 Å². The first-order chi connectivity index (χ1) is 19.7. The number of amides is 1. The van der Waals surface area contributed by atoms with Gasteiger partial charge in [0.05, 0.1) is 35.7 Å². The van der Waals surface area contributed by atoms with E-state index in [4.69, 9.17) is 26.8 Å². The van der Waals surface area contributed by atoms with Gasteiger partial charge in [0.25, 0.3) is 5.91 Å². The van der Waals surface area contributed by atoms with Gasteiger partial charge in [-0.3, -0.25) is 19.4 Å². The Hall–Kier alpha value is -3.14. The number of carboxylic acid groups (broad SMARTS) is 1. The van der Waals surface area contributed by atoms with E-state index in [-0.39, 0.29) is 57.3 Å². The average Bonchev–Trinajstić information content (AvgIpc) is 3.19. The topological polar surface area (TPSA) is 79.3 Å². The molecule has 7 nitrogen and oxygen atoms in total. The SMILES string of the molecule is O=C(O)CCN1C(=O)C(=Cc2cc(-c3cc(C(F)(F)F)cc(C(F)(F)F)c3)ccc2OCCN2CCOCC2)SC1=S. The summed E-state index contributed by atoms with van der Waals surface area (Å²) in [5.74, 6) is -1.46. The number of halogens is 6. The zero-order valence-corrected chi connectivity index (χ0v) is 23.4. The second-order valence-electron chi connectivity index (χ2n) is 9.33. The Balaban J connectivity index is 1.71. The van der Waals surface area contributed by atoms with Gasteiger partial charge in [-0.05, 0) is 47.5 Å². The highest BCUT2D eigenvalue weighted by Crippen LogP contribution is 2.40. The van der Waals surface area contributed by atoms with Crippen molar-refractivity contribution in [2.45, 2.75) is 18.8 Å². The van der Waals surface area contributed by atoms with Crippen molar-refractivity contribution < 1.29 is 50.5 Å². The monoisotopic (exact) mass is 634 g/mol. The zero-order valence-electron chi connectivity index (χ0n) is 21.8. The fourth-order valence-electron chi connectivity index (χ4n) is 4.24. The van der Waals surface area contributed by atoms with E-state index in [1.807, 2.05) is 0 Å². The summed E-state index contributed by atoms with van der Waals surface area (Å²) in [6, 6.07) is 5.39. The zero-order chi connectivity index (χ0) is 30.7. The third-order valence-corrected chi connectivity index (χ3v) is 7.79. The van der Waals surface area contributed by atoms with Crippen molar-refractivity contribution in [2.75, 3.05) is 46.0 Å². The van der Waals surface area contributed by atoms with Gasteiger partial charge >= 0.3 is 18.3 Å². The number of morpholine rings is 1. The number of hydrogen-bond donors (Lipinski definition) is 1. The fourth-order valence-corrected chi connectivity index (χ4v) is 5.54. The van der Waals surface area contributed by atoms with Crippen LogP contribution in [0.3, 0.4) is 0 Å². The van der Waals surface area contributed by atoms with E-state index in [0.29, 0.717) is 45.0 Å². The number of thiocarbonyl (C=S) groups is 1. The van der Waals surface area contributed by atoms with E-state index in [0.717, 1.165) is 16.7 Å². The Kier molecular flexibility index (Phi) is 9.85. The van der Waals surface area contributed by atoms with E-state index in [1.54, 1.807) is 0 Å². The van der Waals surface area contributed by atoms with Crippen molar-refractivity contribution in [1.82, 2.24) is 9.80 Å². The first-order valence-corrected chi connectivity index (χ1v) is 13.8. The van der Waals surface area contributed by atoms with Crippen LogP contribution in [0.25, 0.3) is 17.2 Å². The van der Waals surface area contributed by atoms with Crippen LogP contribution < -0.4 is 4.74 Å². The maximum absolute atomic E-state index is 13.5. The third kappa shape index (κ3) is 8.02. The van der Waals surface area contributed by atoms with E-state index >= 15 is 0 Å². The third-order valence-electron chi connectivity index (χ3n) is 6.41. The maximum Gasteiger partial charge on any atom is 0.416 e. The summed E-state index contributed by atoms with van der Waals surface area (Å²) in [6.07, 6.45) is -9.01. The molecule has 1 N–H and O–H groups in total. The number of carbonyl (C=O) groups is 2. The summed E-state index contributed by atoms with van der Waals surface area (Å²) in [6.45, 7) is 3.12. The Morgan fingerprint density at radius 2 is 1.64 bits per heavy atom. The second-order valence-corrected chi connectivity index (χ2v) is 11.0. The molecule has 4 rings (SSSR count). The van der Waals surface area contributed by atoms with Crippen molar-refractivity contribution in [1.29, 1.82) is 0 Å². The molecule has 2 aromatic rings. The summed E-state index contributed by atoms with van der Waals surface area (Å²) in [7, 11) is 0. The van der Waals surface area contributed by atoms with E-state index < -0.39 is 35.4 Å². The van der Waals surface area contributed by atoms with Crippen LogP contribution in [0.2, 0.25) is 0 Å². The molecule has 0 unspecified atom stereocenters. The summed E-state index contributed by atoms with van der Waals surface area (Å²) >= 11 is 6.11. The van der Waals surface area contributed by atoms with Crippen LogP contribution in [0.1, 0.15) is 23.1 Å². The summed E-state index contributed by atoms with van der Waals surface area (Å²) < 4.78 is 92.3. The lowest BCUT2D eigenvalue weighted by Crippen LogP contribution is -2.38. The molecular weight excluding hydrogens is 610 g/mol. The summed E-state index contributed by atoms with van der Waals surface area (Å²) in [5.41, 5.74) is -3.00. The van der Waals surface area contributed by atoms with Crippen LogP contribution in [0.15, 0.2) is 41.3 Å². The standard InChI is InChI=1S/C27H24F6N2O5S2/c28-26(29,30)19-12-17(13-20(15-19)27(31,32)33)16-1-2-21(40-10-7-34-5-8-39-9-6-34)18(11-16)14-22-24(38)35(25(41)42-22)4-3-23(36)37/h1-2,11-15H,3-10H2,(H,36,37). The highest BCUT2D eigenvalue weighted by molar-refractivity contribution is 8.26. The number of carboxylic acids is 1. The minimum absolute atomic E-state index is 0.0275. The van der Waals surface area contributed by atoms with E-state index in [2.05, 4.69) is 4.90 Å². The van der Waals surface area contributed by atoms with Crippen LogP contribution in [-0.4, -0.2) is 77.1 Å². The van der Waals surface area contributed by atoms with Crippen molar-refractivity contribution >= 4 is 46.3 Å². The van der Waals surface area contributed by atoms with Gasteiger partial charge in [0, 0.05) is 31.7 Å². The van der Waals surface area contributed by atoms with Gasteiger partial charge in [0.15, 0.2) is 0 Å². The number of ether oxygens (including phenoxy) is 2. The number of rotatable bonds is 9. The minimum atomic E-state index is -5.02. The highest BCUT2D eigenvalue weighted by Gasteiger charge is 2.37. The van der Waals surface area contributed by atoms with E-state index in [9.17, 15) is 35.9 Å². The molecule has 2 saturated heterocycles. The molecule has 226 valence electrons. The molecule has 0 aromatic heterocycles. The Bertz CT molecular complexity index is 1360. The number of aliphatic carboxylic acids is 1. The lowest BCUT2D eigenvalue weighted by molar-refractivity contribution is -0.143. The largest absolute Gasteiger partial charge is 0.492 e. The predicted molar refractivity (Wildman–Crippen MR) is 147 cm³/mol. The molecule has 42 heavy (non-hydrogen) atoms. The van der Waals surface area contributed by atoms with Crippen molar-refractivity contribution in [3.8, 4) is 16.9 Å². The maximum atomic E-state index is 13.5. The van der Waals surface area contributed by atoms with E-state index in [1.165, 1.54) is 24.3 Å². The Morgan fingerprint density at radius 1 is 1.00 bits per heavy atom. The summed E-state index contributed by atoms with van der Waals surface area (Å²) in [4.78, 5) is 27.3. The van der Waals surface area contributed by atoms with Gasteiger partial charge in [-0.2, -0.15) is 26.3 Å². The van der Waals surface area contributed by atoms with Gasteiger partial charge in [0.1, 0.15) is 16.7 Å². The molecular formula is C27H24F6N2O5S2. The molecule has 0 aliphatic carbocycles. The molecule has 2 aromatic carbocycles. The first kappa shape index (κ1) is 31.8. The average molecular weight is 635 g/mol. The van der Waals surface area contributed by atoms with Gasteiger partial charge in [-0.1, -0.05) is 30.0 Å². The normalized spacial score (nSPS) is 17.8. The smallest absolute Gasteiger partial charge is 0.416 e. The molecule has 0 spiro atoms. The van der Waals surface area contributed by atoms with Crippen molar-refractivity contribution in [3.63, 3.8) is 0 Å². The van der Waals surface area contributed by atoms with Gasteiger partial charge in [0.2, 0.25) is 0 Å². The van der Waals surface area contributed by atoms with Crippen LogP contribution in [0.4, 0.5) is 26.3 Å². The predicted octanol–water partition coefficient (Wildman–Crippen LogP) is 5.78. The van der Waals surface area contributed by atoms with Gasteiger partial charge in [-0.25, -0.2) is 0 Å². The number of thioether (sulfide) groups is 1. The molecule has 0 saturated carbocycles. The number of carbonyl (C=O) groups excluding carboxylic acids is 1. The molecule has 1 amide bonds. The molecule has 15 heteroatoms. The number of hydrogen-bond acceptors (Lipinski definition) is 7. The summed E-state index contributed by atoms with van der Waals surface area (Å²) in [5, 5.41) is 8.97. The van der Waals surface area contributed by atoms with Crippen molar-refractivity contribution in [3.05, 3.63) is 58.0 Å². The number of benzene rings is 2. The first-order valence-electron chi connectivity index (χ1n) is 12.6. The quantitative estimate of drug-likeness (QED) is 0.212. The minimum Gasteiger partial charge on any atom is -0.492 e. The van der Waals surface area contributed by atoms with Crippen LogP contribution >= 0.6 is 24.0 Å². The molecule has 2 fully saturated rings. The molecule has 0 radical (unpaired) electrons. The van der Waals surface area contributed by atoms with Crippen molar-refractivity contribution in [2.24, 2.45) is 0 Å². The molecule has 0 bridgehead atoms. The van der Waals surface area contributed by atoms with Crippen LogP contribution in [0, 0.1) is 0 Å². The Morgan fingerprint density at radius 3 is 2.24 bits per heavy atom. The lowest BCUT2D eigenvalue weighted by Gasteiger charge is -2.26. The molecule has 2 heterocycles. The van der Waals surface area contributed by atoms with Gasteiger partial charge in [-0.15, -0.1) is 0 Å². The van der Waals surface area contributed by atoms with Crippen LogP contribution in [-0.2, 0) is 26.7 Å². The molecule has 0 atom stereocenters. The number of nitrogens with zero attached hydrogens (tertiary/aromatic N) is 2. The number of alkyl halides is 6. The second kappa shape index (κ2) is 13.0. The lowest BCUT2D eigenvalue weighted by atomic mass is 9.97.